The lowest BCUT2D eigenvalue weighted by molar-refractivity contribution is -0.143. The molecule has 3 aromatic carbocycles. The first-order chi connectivity index (χ1) is 19.4. The number of carboxylic acids is 1. The summed E-state index contributed by atoms with van der Waals surface area (Å²) in [6.45, 7) is 2.58. The number of unbranched alkanes of at least 4 members (excludes halogenated alkanes) is 1. The van der Waals surface area contributed by atoms with Crippen molar-refractivity contribution in [3.63, 3.8) is 0 Å². The van der Waals surface area contributed by atoms with E-state index in [1.807, 2.05) is 48.5 Å². The third kappa shape index (κ3) is 5.60. The summed E-state index contributed by atoms with van der Waals surface area (Å²) in [5.74, 6) is -0.437. The van der Waals surface area contributed by atoms with Crippen LogP contribution in [0.15, 0.2) is 66.7 Å². The van der Waals surface area contributed by atoms with Crippen molar-refractivity contribution < 1.29 is 28.9 Å². The maximum atomic E-state index is 13.9. The lowest BCUT2D eigenvalue weighted by Gasteiger charge is -2.34. The monoisotopic (exact) mass is 564 g/mol. The van der Waals surface area contributed by atoms with E-state index in [4.69, 9.17) is 25.8 Å². The first kappa shape index (κ1) is 27.8. The summed E-state index contributed by atoms with van der Waals surface area (Å²) in [7, 11) is 1.59. The minimum atomic E-state index is -0.924. The second-order valence-corrected chi connectivity index (χ2v) is 10.5. The topological polar surface area (TPSA) is 97.3 Å². The van der Waals surface area contributed by atoms with Gasteiger partial charge in [-0.25, -0.2) is 0 Å². The standard InChI is InChI=1S/C31H33ClN2O6/c1-3-4-9-25(30(35)33-24-8-6-5-7-23(24)32)34-17-22(20-12-15-26-27(16-20)40-18-39-26)28(31(36)37)29(34)19-10-13-21(38-2)14-11-19/h5-8,10-16,22,25,28-29H,3-4,9,17-18H2,1-2H3,(H,33,35)(H,36,37). The lowest BCUT2D eigenvalue weighted by atomic mass is 9.82. The molecule has 1 amide bonds. The Kier molecular flexibility index (Phi) is 8.47. The smallest absolute Gasteiger partial charge is 0.309 e. The highest BCUT2D eigenvalue weighted by Crippen LogP contribution is 2.49. The Hall–Kier alpha value is -3.75. The fourth-order valence-electron chi connectivity index (χ4n) is 5.79. The predicted octanol–water partition coefficient (Wildman–Crippen LogP) is 6.12. The summed E-state index contributed by atoms with van der Waals surface area (Å²) in [6, 6.07) is 19.0. The molecule has 4 atom stereocenters. The Morgan fingerprint density at radius 2 is 1.80 bits per heavy atom. The molecule has 1 fully saturated rings. The number of amides is 1. The van der Waals surface area contributed by atoms with Crippen LogP contribution in [-0.2, 0) is 9.59 Å². The van der Waals surface area contributed by atoms with Crippen molar-refractivity contribution in [1.29, 1.82) is 0 Å². The van der Waals surface area contributed by atoms with E-state index < -0.39 is 29.9 Å². The van der Waals surface area contributed by atoms with E-state index in [0.29, 0.717) is 40.9 Å². The molecule has 8 nitrogen and oxygen atoms in total. The molecule has 2 aliphatic heterocycles. The molecular weight excluding hydrogens is 532 g/mol. The zero-order chi connectivity index (χ0) is 28.2. The zero-order valence-corrected chi connectivity index (χ0v) is 23.3. The normalized spacial score (nSPS) is 20.7. The summed E-state index contributed by atoms with van der Waals surface area (Å²) in [4.78, 5) is 28.9. The number of anilines is 1. The number of carboxylic acid groups (broad SMARTS) is 1. The second-order valence-electron chi connectivity index (χ2n) is 10.1. The van der Waals surface area contributed by atoms with E-state index in [0.717, 1.165) is 24.0 Å². The third-order valence-corrected chi connectivity index (χ3v) is 8.10. The summed E-state index contributed by atoms with van der Waals surface area (Å²) >= 11 is 6.36. The molecule has 2 N–H and O–H groups in total. The van der Waals surface area contributed by atoms with Gasteiger partial charge in [-0.05, 0) is 53.9 Å². The van der Waals surface area contributed by atoms with Crippen molar-refractivity contribution in [3.8, 4) is 17.2 Å². The number of nitrogens with zero attached hydrogens (tertiary/aromatic N) is 1. The summed E-state index contributed by atoms with van der Waals surface area (Å²) < 4.78 is 16.4. The molecule has 0 aromatic heterocycles. The lowest BCUT2D eigenvalue weighted by Crippen LogP contribution is -2.45. The van der Waals surface area contributed by atoms with Gasteiger partial charge < -0.3 is 24.6 Å². The summed E-state index contributed by atoms with van der Waals surface area (Å²) in [5, 5.41) is 14.1. The molecule has 0 spiro atoms. The number of carbonyl (C=O) groups is 2. The summed E-state index contributed by atoms with van der Waals surface area (Å²) in [6.07, 6.45) is 2.27. The maximum Gasteiger partial charge on any atom is 0.309 e. The van der Waals surface area contributed by atoms with E-state index in [9.17, 15) is 14.7 Å². The molecule has 4 unspecified atom stereocenters. The van der Waals surface area contributed by atoms with E-state index >= 15 is 0 Å². The van der Waals surface area contributed by atoms with Crippen LogP contribution in [0, 0.1) is 5.92 Å². The Balaban J connectivity index is 1.57. The van der Waals surface area contributed by atoms with Gasteiger partial charge >= 0.3 is 5.97 Å². The fourth-order valence-corrected chi connectivity index (χ4v) is 5.97. The van der Waals surface area contributed by atoms with Crippen LogP contribution >= 0.6 is 11.6 Å². The van der Waals surface area contributed by atoms with Crippen molar-refractivity contribution >= 4 is 29.2 Å². The molecule has 2 aliphatic rings. The highest BCUT2D eigenvalue weighted by atomic mass is 35.5. The molecule has 210 valence electrons. The number of benzene rings is 3. The van der Waals surface area contributed by atoms with E-state index in [2.05, 4.69) is 17.1 Å². The van der Waals surface area contributed by atoms with Crippen LogP contribution in [0.2, 0.25) is 5.02 Å². The van der Waals surface area contributed by atoms with E-state index in [1.54, 1.807) is 25.3 Å². The number of para-hydroxylation sites is 1. The fraction of sp³-hybridized carbons (Fsp3) is 0.355. The average Bonchev–Trinajstić information content (AvgIpc) is 3.59. The number of nitrogens with one attached hydrogen (secondary N) is 1. The van der Waals surface area contributed by atoms with Crippen LogP contribution in [0.25, 0.3) is 0 Å². The number of hydrogen-bond acceptors (Lipinski definition) is 6. The van der Waals surface area contributed by atoms with Crippen molar-refractivity contribution in [1.82, 2.24) is 4.90 Å². The number of rotatable bonds is 10. The van der Waals surface area contributed by atoms with Gasteiger partial charge in [0, 0.05) is 18.5 Å². The van der Waals surface area contributed by atoms with Crippen LogP contribution in [0.3, 0.4) is 0 Å². The minimum absolute atomic E-state index is 0.133. The SMILES string of the molecule is CCCCC(C(=O)Nc1ccccc1Cl)N1CC(c2ccc3c(c2)OCO3)C(C(=O)O)C1c1ccc(OC)cc1. The Morgan fingerprint density at radius 3 is 2.50 bits per heavy atom. The van der Waals surface area contributed by atoms with Crippen LogP contribution in [0.1, 0.15) is 49.3 Å². The molecule has 5 rings (SSSR count). The van der Waals surface area contributed by atoms with Crippen molar-refractivity contribution in [3.05, 3.63) is 82.9 Å². The van der Waals surface area contributed by atoms with Gasteiger partial charge in [-0.15, -0.1) is 0 Å². The predicted molar refractivity (Wildman–Crippen MR) is 152 cm³/mol. The highest BCUT2D eigenvalue weighted by molar-refractivity contribution is 6.33. The van der Waals surface area contributed by atoms with Gasteiger partial charge in [-0.1, -0.05) is 61.7 Å². The average molecular weight is 565 g/mol. The van der Waals surface area contributed by atoms with Crippen molar-refractivity contribution in [2.45, 2.75) is 44.2 Å². The van der Waals surface area contributed by atoms with Gasteiger partial charge in [0.25, 0.3) is 0 Å². The number of methoxy groups -OCH3 is 1. The van der Waals surface area contributed by atoms with Crippen molar-refractivity contribution in [2.24, 2.45) is 5.92 Å². The van der Waals surface area contributed by atoms with Crippen LogP contribution < -0.4 is 19.5 Å². The first-order valence-corrected chi connectivity index (χ1v) is 13.9. The molecule has 0 radical (unpaired) electrons. The second kappa shape index (κ2) is 12.2. The van der Waals surface area contributed by atoms with E-state index in [1.165, 1.54) is 0 Å². The Bertz CT molecular complexity index is 1360. The third-order valence-electron chi connectivity index (χ3n) is 7.77. The number of halogens is 1. The quantitative estimate of drug-likeness (QED) is 0.306. The molecule has 1 saturated heterocycles. The molecule has 0 bridgehead atoms. The maximum absolute atomic E-state index is 13.9. The molecule has 2 heterocycles. The van der Waals surface area contributed by atoms with Crippen LogP contribution in [-0.4, -0.2) is 48.4 Å². The minimum Gasteiger partial charge on any atom is -0.497 e. The van der Waals surface area contributed by atoms with Gasteiger partial charge in [-0.3, -0.25) is 14.5 Å². The number of carbonyl (C=O) groups excluding carboxylic acids is 1. The van der Waals surface area contributed by atoms with Gasteiger partial charge in [0.2, 0.25) is 12.7 Å². The van der Waals surface area contributed by atoms with Crippen LogP contribution in [0.4, 0.5) is 5.69 Å². The number of fused-ring (bicyclic) bond motifs is 1. The highest BCUT2D eigenvalue weighted by Gasteiger charge is 2.50. The molecule has 9 heteroatoms. The van der Waals surface area contributed by atoms with Gasteiger partial charge in [0.1, 0.15) is 5.75 Å². The number of ether oxygens (including phenoxy) is 3. The number of aliphatic carboxylic acids is 1. The van der Waals surface area contributed by atoms with E-state index in [-0.39, 0.29) is 12.7 Å². The number of likely N-dealkylation sites (tertiary alicyclic amines) is 1. The van der Waals surface area contributed by atoms with Crippen LogP contribution in [0.5, 0.6) is 17.2 Å². The molecule has 3 aromatic rings. The molecule has 0 aliphatic carbocycles. The summed E-state index contributed by atoms with van der Waals surface area (Å²) in [5.41, 5.74) is 2.17. The zero-order valence-electron chi connectivity index (χ0n) is 22.5. The molecule has 40 heavy (non-hydrogen) atoms. The first-order valence-electron chi connectivity index (χ1n) is 13.5. The van der Waals surface area contributed by atoms with Gasteiger partial charge in [-0.2, -0.15) is 0 Å². The van der Waals surface area contributed by atoms with Crippen molar-refractivity contribution in [2.75, 3.05) is 25.8 Å². The Morgan fingerprint density at radius 1 is 1.07 bits per heavy atom. The molecular formula is C31H33ClN2O6. The molecule has 0 saturated carbocycles. The largest absolute Gasteiger partial charge is 0.497 e. The van der Waals surface area contributed by atoms with Gasteiger partial charge in [0.15, 0.2) is 11.5 Å². The number of hydrogen-bond donors (Lipinski definition) is 2. The van der Waals surface area contributed by atoms with Gasteiger partial charge in [0.05, 0.1) is 29.8 Å². The Labute approximate surface area is 238 Å².